The van der Waals surface area contributed by atoms with Gasteiger partial charge >= 0.3 is 6.03 Å². The zero-order chi connectivity index (χ0) is 31.1. The second-order valence-corrected chi connectivity index (χ2v) is 12.3. The summed E-state index contributed by atoms with van der Waals surface area (Å²) in [6.45, 7) is 6.60. The number of nitrogen functional groups attached to an aromatic ring is 1. The van der Waals surface area contributed by atoms with Gasteiger partial charge in [-0.2, -0.15) is 4.98 Å². The van der Waals surface area contributed by atoms with Crippen molar-refractivity contribution in [1.82, 2.24) is 19.9 Å². The highest BCUT2D eigenvalue weighted by molar-refractivity contribution is 6.03. The molecule has 4 aliphatic rings. The molecule has 2 aliphatic heterocycles. The highest BCUT2D eigenvalue weighted by Gasteiger charge is 2.63. The number of nitrogens with zero attached hydrogens (tertiary/aromatic N) is 4. The summed E-state index contributed by atoms with van der Waals surface area (Å²) in [5.74, 6) is 0.854. The molecule has 3 fully saturated rings. The quantitative estimate of drug-likeness (QED) is 0.361. The Kier molecular flexibility index (Phi) is 7.79. The smallest absolute Gasteiger partial charge is 0.324 e. The number of nitrogens with two attached hydrogens (primary N) is 1. The summed E-state index contributed by atoms with van der Waals surface area (Å²) in [4.78, 5) is 40.0. The maximum Gasteiger partial charge on any atom is 0.324 e. The Morgan fingerprint density at radius 1 is 1.11 bits per heavy atom. The van der Waals surface area contributed by atoms with Gasteiger partial charge in [-0.1, -0.05) is 18.6 Å². The number of carbonyl (C=O) groups is 2. The first-order chi connectivity index (χ1) is 21.1. The number of pyridine rings is 1. The Balaban J connectivity index is 0.000000318. The normalized spacial score (nSPS) is 24.0. The number of benzene rings is 1. The largest absolute Gasteiger partial charge is 0.497 e. The topological polar surface area (TPSA) is 154 Å². The zero-order valence-electron chi connectivity index (χ0n) is 25.6. The number of amides is 3. The maximum absolute atomic E-state index is 13.3. The molecule has 12 nitrogen and oxygen atoms in total. The van der Waals surface area contributed by atoms with Crippen LogP contribution in [-0.2, 0) is 4.74 Å². The molecule has 0 bridgehead atoms. The van der Waals surface area contributed by atoms with Crippen LogP contribution in [0.4, 0.5) is 22.2 Å². The number of nitrogens with one attached hydrogen (secondary N) is 2. The van der Waals surface area contributed by atoms with E-state index in [1.807, 2.05) is 20.8 Å². The lowest BCUT2D eigenvalue weighted by molar-refractivity contribution is -0.289. The first-order valence-electron chi connectivity index (χ1n) is 15.1. The van der Waals surface area contributed by atoms with Crippen LogP contribution < -0.4 is 25.8 Å². The van der Waals surface area contributed by atoms with E-state index in [1.54, 1.807) is 41.3 Å². The molecule has 2 aromatic heterocycles. The first kappa shape index (κ1) is 29.6. The average molecular weight is 602 g/mol. The highest BCUT2D eigenvalue weighted by atomic mass is 16.5. The molecule has 44 heavy (non-hydrogen) atoms. The lowest BCUT2D eigenvalue weighted by Crippen LogP contribution is -2.63. The van der Waals surface area contributed by atoms with Crippen LogP contribution in [0.3, 0.4) is 0 Å². The molecule has 1 saturated heterocycles. The number of urea groups is 1. The van der Waals surface area contributed by atoms with Gasteiger partial charge in [-0.15, -0.1) is 0 Å². The summed E-state index contributed by atoms with van der Waals surface area (Å²) >= 11 is 0. The second-order valence-electron chi connectivity index (χ2n) is 12.3. The third-order valence-corrected chi connectivity index (χ3v) is 8.94. The number of hydrogen-bond donors (Lipinski definition) is 3. The monoisotopic (exact) mass is 601 g/mol. The van der Waals surface area contributed by atoms with Crippen molar-refractivity contribution < 1.29 is 23.8 Å². The SMILES string of the molecule is C1CC2OC3CCC23C1.CCN1CC(C)(C)Oc2nc(N)nc(-c3ccc(NC(=O)Nc4cc(OC)ccn4)cc3)c2C1=O. The van der Waals surface area contributed by atoms with E-state index in [4.69, 9.17) is 19.9 Å². The van der Waals surface area contributed by atoms with E-state index in [0.717, 1.165) is 5.41 Å². The molecule has 2 saturated carbocycles. The van der Waals surface area contributed by atoms with Gasteiger partial charge in [0.1, 0.15) is 22.7 Å². The minimum Gasteiger partial charge on any atom is -0.497 e. The number of hydrogen-bond acceptors (Lipinski definition) is 9. The molecule has 2 aliphatic carbocycles. The van der Waals surface area contributed by atoms with Crippen molar-refractivity contribution in [2.24, 2.45) is 5.41 Å². The molecule has 3 aromatic rings. The fourth-order valence-corrected chi connectivity index (χ4v) is 6.65. The summed E-state index contributed by atoms with van der Waals surface area (Å²) in [6, 6.07) is 9.68. The van der Waals surface area contributed by atoms with Crippen LogP contribution in [0.25, 0.3) is 11.3 Å². The minimum atomic E-state index is -0.645. The number of fused-ring (bicyclic) bond motifs is 1. The van der Waals surface area contributed by atoms with Crippen molar-refractivity contribution in [1.29, 1.82) is 0 Å². The maximum atomic E-state index is 13.3. The number of carbonyl (C=O) groups excluding carboxylic acids is 2. The van der Waals surface area contributed by atoms with Gasteiger partial charge in [-0.3, -0.25) is 10.1 Å². The van der Waals surface area contributed by atoms with Crippen molar-refractivity contribution in [3.63, 3.8) is 0 Å². The summed E-state index contributed by atoms with van der Waals surface area (Å²) < 4.78 is 16.8. The van der Waals surface area contributed by atoms with Gasteiger partial charge in [0.2, 0.25) is 11.8 Å². The van der Waals surface area contributed by atoms with Crippen molar-refractivity contribution in [2.45, 2.75) is 70.7 Å². The molecule has 1 aromatic carbocycles. The van der Waals surface area contributed by atoms with Gasteiger partial charge in [0, 0.05) is 35.5 Å². The number of anilines is 3. The number of likely N-dealkylation sites (N-methyl/N-ethyl adjacent to an activating group) is 1. The van der Waals surface area contributed by atoms with Gasteiger partial charge in [0.25, 0.3) is 5.91 Å². The molecular weight excluding hydrogens is 562 g/mol. The predicted octanol–water partition coefficient (Wildman–Crippen LogP) is 5.12. The van der Waals surface area contributed by atoms with Crippen molar-refractivity contribution in [3.8, 4) is 22.9 Å². The van der Waals surface area contributed by atoms with E-state index >= 15 is 0 Å². The molecule has 4 N–H and O–H groups in total. The van der Waals surface area contributed by atoms with Gasteiger partial charge < -0.3 is 30.2 Å². The van der Waals surface area contributed by atoms with Gasteiger partial charge in [0.15, 0.2) is 0 Å². The zero-order valence-corrected chi connectivity index (χ0v) is 25.6. The Hall–Kier alpha value is -4.45. The van der Waals surface area contributed by atoms with Crippen molar-refractivity contribution in [3.05, 3.63) is 48.2 Å². The molecule has 3 amide bonds. The summed E-state index contributed by atoms with van der Waals surface area (Å²) in [5.41, 5.74) is 7.84. The predicted molar refractivity (Wildman–Crippen MR) is 166 cm³/mol. The minimum absolute atomic E-state index is 0.000308. The molecule has 3 unspecified atom stereocenters. The van der Waals surface area contributed by atoms with E-state index in [2.05, 4.69) is 25.6 Å². The molecule has 0 radical (unpaired) electrons. The number of methoxy groups -OCH3 is 1. The van der Waals surface area contributed by atoms with Crippen LogP contribution in [0.1, 0.15) is 63.2 Å². The van der Waals surface area contributed by atoms with Crippen LogP contribution in [-0.4, -0.2) is 69.8 Å². The molecule has 3 atom stereocenters. The number of rotatable bonds is 5. The Labute approximate surface area is 256 Å². The van der Waals surface area contributed by atoms with Gasteiger partial charge in [-0.05, 0) is 64.7 Å². The molecule has 4 heterocycles. The second kappa shape index (κ2) is 11.6. The molecule has 12 heteroatoms. The summed E-state index contributed by atoms with van der Waals surface area (Å²) in [6.07, 6.45) is 10.0. The molecular formula is C32H39N7O5. The van der Waals surface area contributed by atoms with E-state index < -0.39 is 11.6 Å². The fourth-order valence-electron chi connectivity index (χ4n) is 6.65. The van der Waals surface area contributed by atoms with Crippen LogP contribution >= 0.6 is 0 Å². The standard InChI is InChI=1S/C24H27N7O4.C8H12O/c1-5-31-13-24(2,3)35-20-18(21(31)32)19(29-22(25)30-20)14-6-8-15(9-7-14)27-23(33)28-17-12-16(34-4)10-11-26-17;1-2-6-8(4-1)5-3-7(8)9-6/h6-12H,5,13H2,1-4H3,(H2,25,29,30)(H2,26,27,28,33);6-7H,1-5H2. The van der Waals surface area contributed by atoms with Crippen molar-refractivity contribution >= 4 is 29.4 Å². The first-order valence-corrected chi connectivity index (χ1v) is 15.1. The third-order valence-electron chi connectivity index (χ3n) is 8.94. The van der Waals surface area contributed by atoms with Crippen molar-refractivity contribution in [2.75, 3.05) is 36.6 Å². The average Bonchev–Trinajstić information content (AvgIpc) is 3.36. The summed E-state index contributed by atoms with van der Waals surface area (Å²) in [7, 11) is 1.53. The lowest BCUT2D eigenvalue weighted by Gasteiger charge is -2.60. The van der Waals surface area contributed by atoms with Crippen LogP contribution in [0.2, 0.25) is 0 Å². The molecule has 232 valence electrons. The Bertz CT molecular complexity index is 1560. The van der Waals surface area contributed by atoms with Crippen LogP contribution in [0.5, 0.6) is 11.6 Å². The molecule has 1 spiro atoms. The summed E-state index contributed by atoms with van der Waals surface area (Å²) in [5, 5.41) is 5.38. The van der Waals surface area contributed by atoms with Gasteiger partial charge in [0.05, 0.1) is 31.6 Å². The van der Waals surface area contributed by atoms with E-state index in [9.17, 15) is 9.59 Å². The number of aromatic nitrogens is 3. The van der Waals surface area contributed by atoms with E-state index in [1.165, 1.54) is 45.4 Å². The van der Waals surface area contributed by atoms with E-state index in [-0.39, 0.29) is 23.3 Å². The van der Waals surface area contributed by atoms with Gasteiger partial charge in [-0.25, -0.2) is 14.8 Å². The third kappa shape index (κ3) is 5.61. The fraction of sp³-hybridized carbons (Fsp3) is 0.469. The van der Waals surface area contributed by atoms with Crippen LogP contribution in [0.15, 0.2) is 42.6 Å². The highest BCUT2D eigenvalue weighted by Crippen LogP contribution is 2.63. The molecule has 7 rings (SSSR count). The Morgan fingerprint density at radius 2 is 1.89 bits per heavy atom. The van der Waals surface area contributed by atoms with Crippen LogP contribution in [0, 0.1) is 5.41 Å². The Morgan fingerprint density at radius 3 is 2.52 bits per heavy atom. The lowest BCUT2D eigenvalue weighted by atomic mass is 9.59. The number of ether oxygens (including phenoxy) is 3. The van der Waals surface area contributed by atoms with E-state index in [0.29, 0.717) is 53.8 Å².